The van der Waals surface area contributed by atoms with Crippen LogP contribution in [0.1, 0.15) is 11.3 Å². The number of halogens is 1. The number of furan rings is 1. The van der Waals surface area contributed by atoms with Crippen molar-refractivity contribution >= 4 is 46.5 Å². The number of phenolic OH excluding ortho intramolecular Hbond substituents is 1. The first-order chi connectivity index (χ1) is 11.5. The van der Waals surface area contributed by atoms with Crippen molar-refractivity contribution in [1.29, 1.82) is 0 Å². The van der Waals surface area contributed by atoms with E-state index in [1.165, 1.54) is 18.4 Å². The fourth-order valence-electron chi connectivity index (χ4n) is 2.18. The average Bonchev–Trinajstić information content (AvgIpc) is 3.04. The Morgan fingerprint density at radius 2 is 2.04 bits per heavy atom. The maximum Gasteiger partial charge on any atom is 0.331 e. The molecule has 1 fully saturated rings. The second-order valence-electron chi connectivity index (χ2n) is 5.00. The highest BCUT2D eigenvalue weighted by atomic mass is 127. The number of carbonyl (C=O) groups excluding carboxylic acids is 3. The van der Waals surface area contributed by atoms with E-state index in [4.69, 9.17) is 4.42 Å². The van der Waals surface area contributed by atoms with E-state index in [9.17, 15) is 19.5 Å². The molecule has 1 aromatic carbocycles. The molecule has 24 heavy (non-hydrogen) atoms. The summed E-state index contributed by atoms with van der Waals surface area (Å²) in [6, 6.07) is 7.13. The summed E-state index contributed by atoms with van der Waals surface area (Å²) in [5.74, 6) is -0.940. The van der Waals surface area contributed by atoms with Crippen LogP contribution in [-0.2, 0) is 16.1 Å². The van der Waals surface area contributed by atoms with Gasteiger partial charge in [0.05, 0.1) is 16.4 Å². The van der Waals surface area contributed by atoms with Gasteiger partial charge in [0.2, 0.25) is 0 Å². The van der Waals surface area contributed by atoms with Crippen molar-refractivity contribution in [2.24, 2.45) is 0 Å². The first-order valence-corrected chi connectivity index (χ1v) is 7.93. The number of phenols is 1. The van der Waals surface area contributed by atoms with Crippen LogP contribution in [0.5, 0.6) is 5.75 Å². The topological polar surface area (TPSA) is 99.9 Å². The molecule has 1 aromatic heterocycles. The van der Waals surface area contributed by atoms with Gasteiger partial charge in [-0.25, -0.2) is 4.79 Å². The minimum absolute atomic E-state index is 0.0740. The SMILES string of the molecule is O=C1NC(=O)N(Cc2ccco2)C(=O)C1=Cc1ccc(O)c(I)c1. The number of nitrogens with zero attached hydrogens (tertiary/aromatic N) is 1. The van der Waals surface area contributed by atoms with Gasteiger partial charge in [0.1, 0.15) is 17.1 Å². The van der Waals surface area contributed by atoms with Crippen molar-refractivity contribution in [2.75, 3.05) is 0 Å². The van der Waals surface area contributed by atoms with Crippen molar-refractivity contribution < 1.29 is 23.9 Å². The standard InChI is InChI=1S/C16H11IN2O5/c17-12-7-9(3-4-13(12)20)6-11-14(21)18-16(23)19(15(11)22)8-10-2-1-5-24-10/h1-7,20H,8H2,(H,18,21,23). The largest absolute Gasteiger partial charge is 0.507 e. The van der Waals surface area contributed by atoms with Gasteiger partial charge in [0, 0.05) is 0 Å². The van der Waals surface area contributed by atoms with Crippen molar-refractivity contribution in [3.05, 3.63) is 57.1 Å². The van der Waals surface area contributed by atoms with Crippen molar-refractivity contribution in [3.63, 3.8) is 0 Å². The second-order valence-corrected chi connectivity index (χ2v) is 6.16. The van der Waals surface area contributed by atoms with Crippen molar-refractivity contribution in [2.45, 2.75) is 6.54 Å². The number of rotatable bonds is 3. The van der Waals surface area contributed by atoms with Gasteiger partial charge in [-0.15, -0.1) is 0 Å². The van der Waals surface area contributed by atoms with E-state index in [1.54, 1.807) is 24.3 Å². The molecular formula is C16H11IN2O5. The Balaban J connectivity index is 1.92. The molecule has 1 saturated heterocycles. The Labute approximate surface area is 150 Å². The minimum Gasteiger partial charge on any atom is -0.507 e. The zero-order valence-corrected chi connectivity index (χ0v) is 14.3. The van der Waals surface area contributed by atoms with E-state index in [0.29, 0.717) is 14.9 Å². The number of imide groups is 2. The molecule has 1 aliphatic heterocycles. The van der Waals surface area contributed by atoms with Crippen LogP contribution >= 0.6 is 22.6 Å². The van der Waals surface area contributed by atoms with Crippen molar-refractivity contribution in [1.82, 2.24) is 10.2 Å². The lowest BCUT2D eigenvalue weighted by atomic mass is 10.1. The number of nitrogens with one attached hydrogen (secondary N) is 1. The number of carbonyl (C=O) groups is 3. The summed E-state index contributed by atoms with van der Waals surface area (Å²) in [6.07, 6.45) is 2.81. The Morgan fingerprint density at radius 3 is 2.71 bits per heavy atom. The van der Waals surface area contributed by atoms with Gasteiger partial charge >= 0.3 is 6.03 Å². The summed E-state index contributed by atoms with van der Waals surface area (Å²) < 4.78 is 5.71. The lowest BCUT2D eigenvalue weighted by molar-refractivity contribution is -0.130. The summed E-state index contributed by atoms with van der Waals surface area (Å²) in [5, 5.41) is 11.7. The molecule has 0 atom stereocenters. The second kappa shape index (κ2) is 6.48. The Bertz CT molecular complexity index is 857. The molecule has 2 N–H and O–H groups in total. The smallest absolute Gasteiger partial charge is 0.331 e. The van der Waals surface area contributed by atoms with Gasteiger partial charge in [0.25, 0.3) is 11.8 Å². The minimum atomic E-state index is -0.793. The number of amides is 4. The van der Waals surface area contributed by atoms with Crippen LogP contribution < -0.4 is 5.32 Å². The fraction of sp³-hybridized carbons (Fsp3) is 0.0625. The van der Waals surface area contributed by atoms with Crippen LogP contribution in [-0.4, -0.2) is 27.9 Å². The maximum atomic E-state index is 12.5. The average molecular weight is 438 g/mol. The molecule has 2 heterocycles. The lowest BCUT2D eigenvalue weighted by Gasteiger charge is -2.25. The Hall–Kier alpha value is -2.62. The van der Waals surface area contributed by atoms with Gasteiger partial charge in [-0.2, -0.15) is 0 Å². The van der Waals surface area contributed by atoms with E-state index in [2.05, 4.69) is 5.32 Å². The quantitative estimate of drug-likeness (QED) is 0.435. The first-order valence-electron chi connectivity index (χ1n) is 6.85. The third-order valence-electron chi connectivity index (χ3n) is 3.36. The van der Waals surface area contributed by atoms with Crippen LogP contribution in [0.4, 0.5) is 4.79 Å². The molecule has 0 unspecified atom stereocenters. The number of hydrogen-bond acceptors (Lipinski definition) is 5. The van der Waals surface area contributed by atoms with Crippen LogP contribution in [0.25, 0.3) is 6.08 Å². The van der Waals surface area contributed by atoms with E-state index >= 15 is 0 Å². The number of aromatic hydroxyl groups is 1. The monoisotopic (exact) mass is 438 g/mol. The number of barbiturate groups is 1. The van der Waals surface area contributed by atoms with Gasteiger partial charge in [-0.1, -0.05) is 6.07 Å². The summed E-state index contributed by atoms with van der Waals surface area (Å²) in [7, 11) is 0. The van der Waals surface area contributed by atoms with Gasteiger partial charge in [0.15, 0.2) is 0 Å². The zero-order valence-electron chi connectivity index (χ0n) is 12.2. The molecule has 0 radical (unpaired) electrons. The predicted molar refractivity (Wildman–Crippen MR) is 91.6 cm³/mol. The maximum absolute atomic E-state index is 12.5. The lowest BCUT2D eigenvalue weighted by Crippen LogP contribution is -2.53. The summed E-state index contributed by atoms with van der Waals surface area (Å²) >= 11 is 1.93. The first kappa shape index (κ1) is 16.2. The zero-order chi connectivity index (χ0) is 17.3. The van der Waals surface area contributed by atoms with Crippen LogP contribution in [0.15, 0.2) is 46.6 Å². The normalized spacial score (nSPS) is 16.6. The molecule has 0 bridgehead atoms. The van der Waals surface area contributed by atoms with Gasteiger partial charge in [-0.05, 0) is 58.5 Å². The van der Waals surface area contributed by atoms with E-state index in [1.807, 2.05) is 22.6 Å². The molecule has 3 rings (SSSR count). The Kier molecular flexibility index (Phi) is 4.38. The fourth-order valence-corrected chi connectivity index (χ4v) is 2.71. The molecule has 1 aliphatic rings. The molecule has 0 saturated carbocycles. The number of hydrogen-bond donors (Lipinski definition) is 2. The summed E-state index contributed by atoms with van der Waals surface area (Å²) in [4.78, 5) is 37.3. The van der Waals surface area contributed by atoms with Gasteiger partial charge < -0.3 is 9.52 Å². The highest BCUT2D eigenvalue weighted by Crippen LogP contribution is 2.23. The summed E-state index contributed by atoms with van der Waals surface area (Å²) in [5.41, 5.74) is 0.394. The molecule has 7 nitrogen and oxygen atoms in total. The van der Waals surface area contributed by atoms with Crippen LogP contribution in [0.3, 0.4) is 0 Å². The highest BCUT2D eigenvalue weighted by molar-refractivity contribution is 14.1. The molecule has 122 valence electrons. The molecular weight excluding hydrogens is 427 g/mol. The van der Waals surface area contributed by atoms with E-state index < -0.39 is 17.8 Å². The summed E-state index contributed by atoms with van der Waals surface area (Å²) in [6.45, 7) is -0.0740. The predicted octanol–water partition coefficient (Wildman–Crippen LogP) is 2.25. The third kappa shape index (κ3) is 3.18. The molecule has 4 amide bonds. The third-order valence-corrected chi connectivity index (χ3v) is 4.23. The van der Waals surface area contributed by atoms with Crippen LogP contribution in [0.2, 0.25) is 0 Å². The highest BCUT2D eigenvalue weighted by Gasteiger charge is 2.36. The molecule has 0 aliphatic carbocycles. The molecule has 8 heteroatoms. The molecule has 2 aromatic rings. The molecule has 0 spiro atoms. The number of benzene rings is 1. The van der Waals surface area contributed by atoms with Crippen molar-refractivity contribution in [3.8, 4) is 5.75 Å². The van der Waals surface area contributed by atoms with Crippen LogP contribution in [0, 0.1) is 3.57 Å². The Morgan fingerprint density at radius 1 is 1.25 bits per heavy atom. The van der Waals surface area contributed by atoms with E-state index in [-0.39, 0.29) is 17.9 Å². The number of urea groups is 1. The van der Waals surface area contributed by atoms with E-state index in [0.717, 1.165) is 4.90 Å². The van der Waals surface area contributed by atoms with Gasteiger partial charge in [-0.3, -0.25) is 19.8 Å².